The highest BCUT2D eigenvalue weighted by atomic mass is 32.2. The van der Waals surface area contributed by atoms with Crippen molar-refractivity contribution in [1.29, 1.82) is 0 Å². The molecule has 2 atom stereocenters. The van der Waals surface area contributed by atoms with Gasteiger partial charge in [-0.05, 0) is 18.6 Å². The van der Waals surface area contributed by atoms with Crippen LogP contribution in [0.2, 0.25) is 0 Å². The third kappa shape index (κ3) is 2.00. The van der Waals surface area contributed by atoms with E-state index in [1.54, 1.807) is 18.6 Å². The van der Waals surface area contributed by atoms with Crippen molar-refractivity contribution < 1.29 is 5.11 Å². The number of hydrogen-bond acceptors (Lipinski definition) is 4. The minimum atomic E-state index is -0.443. The summed E-state index contributed by atoms with van der Waals surface area (Å²) in [6.45, 7) is 0. The summed E-state index contributed by atoms with van der Waals surface area (Å²) in [6.07, 6.45) is 6.73. The van der Waals surface area contributed by atoms with Crippen LogP contribution in [0.25, 0.3) is 0 Å². The van der Waals surface area contributed by atoms with Gasteiger partial charge in [0.25, 0.3) is 0 Å². The van der Waals surface area contributed by atoms with Gasteiger partial charge in [0.1, 0.15) is 6.10 Å². The van der Waals surface area contributed by atoms with Gasteiger partial charge in [0, 0.05) is 17.6 Å². The van der Waals surface area contributed by atoms with Gasteiger partial charge in [-0.1, -0.05) is 0 Å². The Hall–Kier alpha value is -0.610. The molecule has 0 aromatic carbocycles. The SMILES string of the molecule is OC(c1cnccn1)C1CCCS1. The normalized spacial score (nSPS) is 24.5. The van der Waals surface area contributed by atoms with Crippen LogP contribution in [0, 0.1) is 0 Å². The van der Waals surface area contributed by atoms with E-state index in [1.165, 1.54) is 6.42 Å². The predicted molar refractivity (Wildman–Crippen MR) is 52.5 cm³/mol. The molecule has 1 aromatic rings. The molecule has 1 aromatic heterocycles. The Morgan fingerprint density at radius 1 is 1.54 bits per heavy atom. The highest BCUT2D eigenvalue weighted by Crippen LogP contribution is 2.34. The van der Waals surface area contributed by atoms with Gasteiger partial charge in [-0.25, -0.2) is 0 Å². The lowest BCUT2D eigenvalue weighted by Crippen LogP contribution is -2.13. The standard InChI is InChI=1S/C9H12N2OS/c12-9(8-2-1-5-13-8)7-6-10-3-4-11-7/h3-4,6,8-9,12H,1-2,5H2. The topological polar surface area (TPSA) is 46.0 Å². The van der Waals surface area contributed by atoms with Crippen LogP contribution in [0.5, 0.6) is 0 Å². The second kappa shape index (κ2) is 4.07. The van der Waals surface area contributed by atoms with Crippen molar-refractivity contribution in [2.24, 2.45) is 0 Å². The number of rotatable bonds is 2. The van der Waals surface area contributed by atoms with E-state index in [-0.39, 0.29) is 0 Å². The van der Waals surface area contributed by atoms with Crippen molar-refractivity contribution in [2.75, 3.05) is 5.75 Å². The molecule has 2 unspecified atom stereocenters. The summed E-state index contributed by atoms with van der Waals surface area (Å²) in [5, 5.41) is 10.2. The Morgan fingerprint density at radius 3 is 3.08 bits per heavy atom. The Morgan fingerprint density at radius 2 is 2.46 bits per heavy atom. The molecule has 1 aliphatic heterocycles. The maximum absolute atomic E-state index is 9.90. The first-order valence-corrected chi connectivity index (χ1v) is 5.48. The third-order valence-electron chi connectivity index (χ3n) is 2.20. The average Bonchev–Trinajstić information content (AvgIpc) is 2.71. The minimum Gasteiger partial charge on any atom is -0.386 e. The number of thioether (sulfide) groups is 1. The van der Waals surface area contributed by atoms with E-state index in [9.17, 15) is 5.11 Å². The van der Waals surface area contributed by atoms with Gasteiger partial charge in [-0.2, -0.15) is 11.8 Å². The van der Waals surface area contributed by atoms with Crippen molar-refractivity contribution in [2.45, 2.75) is 24.2 Å². The van der Waals surface area contributed by atoms with Crippen LogP contribution in [0.1, 0.15) is 24.6 Å². The van der Waals surface area contributed by atoms with Crippen molar-refractivity contribution in [3.63, 3.8) is 0 Å². The van der Waals surface area contributed by atoms with Crippen LogP contribution in [0.3, 0.4) is 0 Å². The Balaban J connectivity index is 2.08. The summed E-state index contributed by atoms with van der Waals surface area (Å²) >= 11 is 1.83. The van der Waals surface area contributed by atoms with Gasteiger partial charge >= 0.3 is 0 Å². The Labute approximate surface area is 81.6 Å². The molecule has 0 saturated carbocycles. The summed E-state index contributed by atoms with van der Waals surface area (Å²) in [6, 6.07) is 0. The van der Waals surface area contributed by atoms with Crippen LogP contribution in [0.15, 0.2) is 18.6 Å². The van der Waals surface area contributed by atoms with Crippen molar-refractivity contribution >= 4 is 11.8 Å². The molecule has 4 heteroatoms. The van der Waals surface area contributed by atoms with E-state index in [2.05, 4.69) is 9.97 Å². The van der Waals surface area contributed by atoms with Crippen molar-refractivity contribution in [3.8, 4) is 0 Å². The minimum absolute atomic E-state index is 0.316. The number of aliphatic hydroxyl groups excluding tert-OH is 1. The van der Waals surface area contributed by atoms with E-state index >= 15 is 0 Å². The van der Waals surface area contributed by atoms with Gasteiger partial charge < -0.3 is 5.11 Å². The molecule has 1 fully saturated rings. The van der Waals surface area contributed by atoms with E-state index in [0.717, 1.165) is 12.2 Å². The second-order valence-corrected chi connectivity index (χ2v) is 4.47. The van der Waals surface area contributed by atoms with Crippen LogP contribution in [-0.2, 0) is 0 Å². The fourth-order valence-corrected chi connectivity index (χ4v) is 2.80. The van der Waals surface area contributed by atoms with Crippen molar-refractivity contribution in [1.82, 2.24) is 9.97 Å². The second-order valence-electron chi connectivity index (χ2n) is 3.13. The number of hydrogen-bond donors (Lipinski definition) is 1. The lowest BCUT2D eigenvalue weighted by molar-refractivity contribution is 0.168. The van der Waals surface area contributed by atoms with E-state index < -0.39 is 6.10 Å². The zero-order valence-corrected chi connectivity index (χ0v) is 8.07. The third-order valence-corrected chi connectivity index (χ3v) is 3.65. The highest BCUT2D eigenvalue weighted by Gasteiger charge is 2.25. The molecule has 2 heterocycles. The van der Waals surface area contributed by atoms with Gasteiger partial charge in [-0.3, -0.25) is 9.97 Å². The molecule has 0 aliphatic carbocycles. The molecule has 0 bridgehead atoms. The van der Waals surface area contributed by atoms with Crippen molar-refractivity contribution in [3.05, 3.63) is 24.3 Å². The molecule has 1 saturated heterocycles. The lowest BCUT2D eigenvalue weighted by atomic mass is 10.1. The number of nitrogens with zero attached hydrogens (tertiary/aromatic N) is 2. The first-order chi connectivity index (χ1) is 6.38. The summed E-state index contributed by atoms with van der Waals surface area (Å²) in [5.41, 5.74) is 0.696. The Kier molecular flexibility index (Phi) is 2.80. The quantitative estimate of drug-likeness (QED) is 0.776. The highest BCUT2D eigenvalue weighted by molar-refractivity contribution is 8.00. The van der Waals surface area contributed by atoms with E-state index in [0.29, 0.717) is 10.9 Å². The molecule has 3 nitrogen and oxygen atoms in total. The van der Waals surface area contributed by atoms with Gasteiger partial charge in [0.2, 0.25) is 0 Å². The molecule has 0 amide bonds. The fraction of sp³-hybridized carbons (Fsp3) is 0.556. The molecule has 1 N–H and O–H groups in total. The summed E-state index contributed by atoms with van der Waals surface area (Å²) < 4.78 is 0. The summed E-state index contributed by atoms with van der Waals surface area (Å²) in [5.74, 6) is 1.15. The zero-order valence-electron chi connectivity index (χ0n) is 7.26. The largest absolute Gasteiger partial charge is 0.386 e. The molecule has 2 rings (SSSR count). The van der Waals surface area contributed by atoms with Gasteiger partial charge in [0.05, 0.1) is 11.9 Å². The predicted octanol–water partition coefficient (Wildman–Crippen LogP) is 1.41. The molecule has 13 heavy (non-hydrogen) atoms. The molecule has 0 spiro atoms. The summed E-state index contributed by atoms with van der Waals surface area (Å²) in [7, 11) is 0. The maximum atomic E-state index is 9.90. The molecule has 0 radical (unpaired) electrons. The molecule has 1 aliphatic rings. The number of aliphatic hydroxyl groups is 1. The number of aromatic nitrogens is 2. The average molecular weight is 196 g/mol. The monoisotopic (exact) mass is 196 g/mol. The Bertz CT molecular complexity index is 262. The lowest BCUT2D eigenvalue weighted by Gasteiger charge is -2.15. The van der Waals surface area contributed by atoms with Gasteiger partial charge in [-0.15, -0.1) is 0 Å². The van der Waals surface area contributed by atoms with Crippen LogP contribution >= 0.6 is 11.8 Å². The van der Waals surface area contributed by atoms with Crippen LogP contribution < -0.4 is 0 Å². The molecular weight excluding hydrogens is 184 g/mol. The fourth-order valence-electron chi connectivity index (χ4n) is 1.51. The first kappa shape index (κ1) is 8.97. The zero-order chi connectivity index (χ0) is 9.10. The van der Waals surface area contributed by atoms with Crippen LogP contribution in [-0.4, -0.2) is 26.1 Å². The van der Waals surface area contributed by atoms with E-state index in [4.69, 9.17) is 0 Å². The smallest absolute Gasteiger partial charge is 0.109 e. The molecule has 70 valence electrons. The van der Waals surface area contributed by atoms with E-state index in [1.807, 2.05) is 11.8 Å². The molecular formula is C9H12N2OS. The van der Waals surface area contributed by atoms with Gasteiger partial charge in [0.15, 0.2) is 0 Å². The maximum Gasteiger partial charge on any atom is 0.109 e. The first-order valence-electron chi connectivity index (χ1n) is 4.43. The summed E-state index contributed by atoms with van der Waals surface area (Å²) in [4.78, 5) is 8.04. The van der Waals surface area contributed by atoms with Crippen LogP contribution in [0.4, 0.5) is 0 Å².